The molecule has 30 heavy (non-hydrogen) atoms. The highest BCUT2D eigenvalue weighted by molar-refractivity contribution is 6.30. The summed E-state index contributed by atoms with van der Waals surface area (Å²) >= 11 is 5.94. The minimum Gasteiger partial charge on any atom is -0.476 e. The number of nitrogens with zero attached hydrogens (tertiary/aromatic N) is 1. The summed E-state index contributed by atoms with van der Waals surface area (Å²) in [6.45, 7) is 3.83. The molecular formula is C24H25Cl2NO3. The summed E-state index contributed by atoms with van der Waals surface area (Å²) in [7, 11) is 0. The third-order valence-corrected chi connectivity index (χ3v) is 5.04. The number of benzene rings is 2. The summed E-state index contributed by atoms with van der Waals surface area (Å²) in [6, 6.07) is 19.2. The number of esters is 1. The number of hydrogen-bond donors (Lipinski definition) is 0. The Balaban J connectivity index is 0.00000320. The lowest BCUT2D eigenvalue weighted by Gasteiger charge is -2.27. The second kappa shape index (κ2) is 11.0. The Hall–Kier alpha value is -2.56. The van der Waals surface area contributed by atoms with Crippen molar-refractivity contribution in [1.29, 1.82) is 0 Å². The van der Waals surface area contributed by atoms with Crippen LogP contribution in [0, 0.1) is 0 Å². The smallest absolute Gasteiger partial charge is 0.350 e. The van der Waals surface area contributed by atoms with E-state index in [2.05, 4.69) is 4.98 Å². The van der Waals surface area contributed by atoms with Gasteiger partial charge in [0.05, 0.1) is 0 Å². The van der Waals surface area contributed by atoms with Crippen LogP contribution in [0.2, 0.25) is 5.02 Å². The van der Waals surface area contributed by atoms with Gasteiger partial charge < -0.3 is 9.47 Å². The van der Waals surface area contributed by atoms with E-state index in [9.17, 15) is 4.79 Å². The molecule has 3 aromatic rings. The predicted molar refractivity (Wildman–Crippen MR) is 121 cm³/mol. The molecule has 6 heteroatoms. The summed E-state index contributed by atoms with van der Waals surface area (Å²) in [4.78, 5) is 16.7. The van der Waals surface area contributed by atoms with Gasteiger partial charge in [-0.15, -0.1) is 12.4 Å². The lowest BCUT2D eigenvalue weighted by Crippen LogP contribution is -2.42. The van der Waals surface area contributed by atoms with E-state index in [1.807, 2.05) is 67.6 Å². The molecule has 0 aliphatic heterocycles. The van der Waals surface area contributed by atoms with E-state index in [1.165, 1.54) is 5.56 Å². The molecule has 158 valence electrons. The highest BCUT2D eigenvalue weighted by Gasteiger charge is 2.35. The van der Waals surface area contributed by atoms with Gasteiger partial charge in [0, 0.05) is 23.0 Å². The van der Waals surface area contributed by atoms with Crippen LogP contribution in [0.15, 0.2) is 73.1 Å². The second-order valence-electron chi connectivity index (χ2n) is 7.07. The highest BCUT2D eigenvalue weighted by atomic mass is 35.5. The average Bonchev–Trinajstić information content (AvgIpc) is 2.75. The summed E-state index contributed by atoms with van der Waals surface area (Å²) in [5, 5.41) is 0.728. The molecule has 0 amide bonds. The lowest BCUT2D eigenvalue weighted by molar-refractivity contribution is -0.162. The van der Waals surface area contributed by atoms with E-state index in [4.69, 9.17) is 21.1 Å². The Kier molecular flexibility index (Phi) is 8.70. The van der Waals surface area contributed by atoms with Crippen LogP contribution in [0.4, 0.5) is 0 Å². The van der Waals surface area contributed by atoms with E-state index in [1.54, 1.807) is 19.3 Å². The molecule has 0 aliphatic carbocycles. The molecule has 4 nitrogen and oxygen atoms in total. The Labute approximate surface area is 188 Å². The molecule has 0 aliphatic rings. The number of carbonyl (C=O) groups is 1. The van der Waals surface area contributed by atoms with Crippen molar-refractivity contribution in [3.8, 4) is 5.75 Å². The molecule has 0 spiro atoms. The Morgan fingerprint density at radius 3 is 2.20 bits per heavy atom. The van der Waals surface area contributed by atoms with Crippen molar-refractivity contribution in [3.63, 3.8) is 0 Å². The van der Waals surface area contributed by atoms with Gasteiger partial charge in [0.15, 0.2) is 0 Å². The molecule has 2 aromatic carbocycles. The molecular weight excluding hydrogens is 421 g/mol. The van der Waals surface area contributed by atoms with Gasteiger partial charge in [0.2, 0.25) is 5.60 Å². The zero-order valence-corrected chi connectivity index (χ0v) is 18.6. The molecule has 1 heterocycles. The lowest BCUT2D eigenvalue weighted by atomic mass is 10.0. The van der Waals surface area contributed by atoms with Crippen molar-refractivity contribution in [2.75, 3.05) is 0 Å². The number of ether oxygens (including phenoxy) is 2. The maximum Gasteiger partial charge on any atom is 0.350 e. The van der Waals surface area contributed by atoms with E-state index in [-0.39, 0.29) is 19.0 Å². The van der Waals surface area contributed by atoms with E-state index < -0.39 is 11.6 Å². The minimum absolute atomic E-state index is 0. The number of pyridine rings is 1. The SMILES string of the molecule is CC[C@@](C)(Oc1ccc(Cc2ccc(Cl)cc2)cc1)C(=O)OCc1cccnc1.Cl. The van der Waals surface area contributed by atoms with Crippen molar-refractivity contribution in [2.45, 2.75) is 38.9 Å². The standard InChI is InChI=1S/C24H24ClNO3.ClH/c1-3-24(2,23(27)28-17-20-5-4-14-26-16-20)29-22-12-8-19(9-13-22)15-18-6-10-21(25)11-7-18;/h4-14,16H,3,15,17H2,1-2H3;1H/t24-;/m1./s1. The second-order valence-corrected chi connectivity index (χ2v) is 7.51. The van der Waals surface area contributed by atoms with Gasteiger partial charge in [0.25, 0.3) is 0 Å². The molecule has 0 saturated heterocycles. The van der Waals surface area contributed by atoms with Gasteiger partial charge in [-0.2, -0.15) is 0 Å². The van der Waals surface area contributed by atoms with Crippen LogP contribution in [0.25, 0.3) is 0 Å². The average molecular weight is 446 g/mol. The van der Waals surface area contributed by atoms with E-state index in [0.29, 0.717) is 12.2 Å². The molecule has 0 saturated carbocycles. The largest absolute Gasteiger partial charge is 0.476 e. The van der Waals surface area contributed by atoms with Crippen LogP contribution in [0.3, 0.4) is 0 Å². The fourth-order valence-electron chi connectivity index (χ4n) is 2.82. The van der Waals surface area contributed by atoms with Crippen LogP contribution in [0.1, 0.15) is 37.0 Å². The molecule has 0 radical (unpaired) electrons. The van der Waals surface area contributed by atoms with Crippen LogP contribution in [0.5, 0.6) is 5.75 Å². The summed E-state index contributed by atoms with van der Waals surface area (Å²) in [5.74, 6) is 0.238. The fraction of sp³-hybridized carbons (Fsp3) is 0.250. The molecule has 1 aromatic heterocycles. The fourth-order valence-corrected chi connectivity index (χ4v) is 2.94. The number of hydrogen-bond acceptors (Lipinski definition) is 4. The maximum atomic E-state index is 12.6. The quantitative estimate of drug-likeness (QED) is 0.396. The summed E-state index contributed by atoms with van der Waals surface area (Å²) in [5.41, 5.74) is 2.11. The molecule has 3 rings (SSSR count). The van der Waals surface area contributed by atoms with E-state index in [0.717, 1.165) is 22.6 Å². The number of halogens is 2. The van der Waals surface area contributed by atoms with Crippen LogP contribution >= 0.6 is 24.0 Å². The van der Waals surface area contributed by atoms with Gasteiger partial charge in [0.1, 0.15) is 12.4 Å². The molecule has 0 fully saturated rings. The first-order valence-corrected chi connectivity index (χ1v) is 9.95. The molecule has 0 bridgehead atoms. The Bertz CT molecular complexity index is 931. The topological polar surface area (TPSA) is 48.4 Å². The van der Waals surface area contributed by atoms with Crippen molar-refractivity contribution in [3.05, 3.63) is 94.8 Å². The third kappa shape index (κ3) is 6.48. The van der Waals surface area contributed by atoms with Crippen LogP contribution < -0.4 is 4.74 Å². The van der Waals surface area contributed by atoms with E-state index >= 15 is 0 Å². The first-order chi connectivity index (χ1) is 14.0. The third-order valence-electron chi connectivity index (χ3n) is 4.79. The zero-order chi connectivity index (χ0) is 20.7. The number of carbonyl (C=O) groups excluding carboxylic acids is 1. The first-order valence-electron chi connectivity index (χ1n) is 9.57. The normalized spacial score (nSPS) is 12.4. The van der Waals surface area contributed by atoms with Gasteiger partial charge >= 0.3 is 5.97 Å². The number of aromatic nitrogens is 1. The minimum atomic E-state index is -1.06. The molecule has 0 N–H and O–H groups in total. The van der Waals surface area contributed by atoms with Crippen LogP contribution in [-0.4, -0.2) is 16.6 Å². The first kappa shape index (κ1) is 23.7. The summed E-state index contributed by atoms with van der Waals surface area (Å²) < 4.78 is 11.5. The highest BCUT2D eigenvalue weighted by Crippen LogP contribution is 2.24. The Morgan fingerprint density at radius 2 is 1.63 bits per heavy atom. The molecule has 0 unspecified atom stereocenters. The van der Waals surface area contributed by atoms with Gasteiger partial charge in [-0.1, -0.05) is 48.9 Å². The van der Waals surface area contributed by atoms with Gasteiger partial charge in [-0.05, 0) is 61.2 Å². The molecule has 1 atom stereocenters. The maximum absolute atomic E-state index is 12.6. The summed E-state index contributed by atoms with van der Waals surface area (Å²) in [6.07, 6.45) is 4.65. The zero-order valence-electron chi connectivity index (χ0n) is 17.0. The monoisotopic (exact) mass is 445 g/mol. The Morgan fingerprint density at radius 1 is 1.00 bits per heavy atom. The van der Waals surface area contributed by atoms with Crippen LogP contribution in [-0.2, 0) is 22.6 Å². The predicted octanol–water partition coefficient (Wildman–Crippen LogP) is 6.04. The van der Waals surface area contributed by atoms with Crippen molar-refractivity contribution in [1.82, 2.24) is 4.98 Å². The van der Waals surface area contributed by atoms with Gasteiger partial charge in [-0.3, -0.25) is 4.98 Å². The number of rotatable bonds is 8. The van der Waals surface area contributed by atoms with Gasteiger partial charge in [-0.25, -0.2) is 4.79 Å². The van der Waals surface area contributed by atoms with Crippen molar-refractivity contribution >= 4 is 30.0 Å². The van der Waals surface area contributed by atoms with Crippen molar-refractivity contribution in [2.24, 2.45) is 0 Å². The van der Waals surface area contributed by atoms with Crippen molar-refractivity contribution < 1.29 is 14.3 Å².